The lowest BCUT2D eigenvalue weighted by Crippen LogP contribution is -2.51. The molecule has 0 saturated heterocycles. The van der Waals surface area contributed by atoms with Crippen molar-refractivity contribution < 1.29 is 98.2 Å². The normalized spacial score (nSPS) is 9.85. The summed E-state index contributed by atoms with van der Waals surface area (Å²) in [5, 5.41) is 10.0. The fourth-order valence-electron chi connectivity index (χ4n) is 5.09. The first kappa shape index (κ1) is 88.3. The van der Waals surface area contributed by atoms with E-state index in [1.54, 1.807) is 13.0 Å². The lowest BCUT2D eigenvalue weighted by molar-refractivity contribution is -0.139. The van der Waals surface area contributed by atoms with E-state index in [1.807, 2.05) is 41.5 Å². The number of nitrogens with two attached hydrogens (primary N) is 1. The third-order valence-electron chi connectivity index (χ3n) is 9.04. The molecule has 6 N–H and O–H groups in total. The van der Waals surface area contributed by atoms with Gasteiger partial charge in [-0.3, -0.25) is 0 Å². The van der Waals surface area contributed by atoms with Crippen molar-refractivity contribution in [2.24, 2.45) is 10.7 Å². The summed E-state index contributed by atoms with van der Waals surface area (Å²) >= 11 is 0. The SMILES string of the molecule is C=C(C)C(=O)OCCN=C=O.C=C(C)C(=O)OCCNC(=O)N(CCOC(=O)C(=C)C)C(=O)NCCC[Si](OCC)(OCC)OCC.C=CCN.C=CCNC(=O)N(CCOC(=O)C(=C)C)C(=O)NCCOC(=O)C(=C)C.CCO[SiH](OCC)OCC. The molecule has 0 aromatic heterocycles. The number of hydrogen-bond donors (Lipinski definition) is 5. The van der Waals surface area contributed by atoms with E-state index >= 15 is 0 Å². The van der Waals surface area contributed by atoms with Gasteiger partial charge in [-0.15, -0.1) is 13.2 Å². The highest BCUT2D eigenvalue weighted by molar-refractivity contribution is 6.60. The zero-order valence-corrected chi connectivity index (χ0v) is 55.2. The average Bonchev–Trinajstić information content (AvgIpc) is 3.65. The Labute approximate surface area is 516 Å². The molecule has 0 rings (SSSR count). The molecule has 8 amide bonds. The molecule has 0 aromatic carbocycles. The van der Waals surface area contributed by atoms with Crippen LogP contribution < -0.4 is 27.0 Å². The Kier molecular flexibility index (Phi) is 59.8. The van der Waals surface area contributed by atoms with Gasteiger partial charge in [0.2, 0.25) is 6.08 Å². The third kappa shape index (κ3) is 51.5. The molecule has 0 aromatic rings. The van der Waals surface area contributed by atoms with Crippen molar-refractivity contribution in [1.82, 2.24) is 31.1 Å². The smallest absolute Gasteiger partial charge is 0.460 e. The second-order valence-corrected chi connectivity index (χ2v) is 21.1. The predicted molar refractivity (Wildman–Crippen MR) is 330 cm³/mol. The standard InChI is InChI=1S/C23H41N3O9Si.C17H25N3O6.C7H9NO3.C6H16O3Si.C3H7N/c1-8-33-36(34-9-2,35-10-3)17-11-12-24-22(29)26(14-16-32-21(28)19(6)7)23(30)25-13-15-31-20(27)18(4)5;1-6-7-18-16(23)20(9-11-26-15(22)13(4)5)17(24)19-8-10-25-14(21)12(2)3;1-6(2)7(10)11-4-3-8-5-9;1-4-7-10(8-5-2)9-6-3;1-2-3-4/h4,6,8-17H2,1-3,5,7H3,(H,24,29)(H,25,30);6H,1-2,4,7-11H2,3,5H3,(H,18,23)(H,19,24);1,3-4H2,2H3;10H,4-6H2,1-3H3;2H,1,3-4H2. The maximum absolute atomic E-state index is 12.7. The fourth-order valence-corrected chi connectivity index (χ4v) is 8.81. The molecule has 0 aliphatic heterocycles. The number of hydrogen-bond acceptors (Lipinski definition) is 23. The van der Waals surface area contributed by atoms with Crippen LogP contribution in [0.25, 0.3) is 0 Å². The number of carbonyl (C=O) groups is 9. The molecule has 87 heavy (non-hydrogen) atoms. The van der Waals surface area contributed by atoms with Crippen molar-refractivity contribution in [1.29, 1.82) is 0 Å². The van der Waals surface area contributed by atoms with Gasteiger partial charge in [0, 0.05) is 93.2 Å². The highest BCUT2D eigenvalue weighted by Crippen LogP contribution is 2.18. The van der Waals surface area contributed by atoms with Crippen LogP contribution in [0.15, 0.2) is 91.1 Å². The summed E-state index contributed by atoms with van der Waals surface area (Å²) in [5.41, 5.74) is 6.11. The van der Waals surface area contributed by atoms with Gasteiger partial charge in [-0.2, -0.15) is 0 Å². The highest BCUT2D eigenvalue weighted by Gasteiger charge is 2.39. The molecule has 496 valence electrons. The zero-order chi connectivity index (χ0) is 67.6. The van der Waals surface area contributed by atoms with Crippen molar-refractivity contribution in [3.8, 4) is 0 Å². The minimum absolute atomic E-state index is 0.00531. The number of nitrogens with zero attached hydrogens (tertiary/aromatic N) is 3. The monoisotopic (exact) mass is 1270 g/mol. The van der Waals surface area contributed by atoms with Crippen molar-refractivity contribution in [2.75, 3.05) is 125 Å². The molecule has 0 heterocycles. The molecule has 31 heteroatoms. The molecule has 0 spiro atoms. The first-order valence-corrected chi connectivity index (χ1v) is 31.0. The van der Waals surface area contributed by atoms with E-state index in [0.717, 1.165) is 9.80 Å². The van der Waals surface area contributed by atoms with Gasteiger partial charge in [-0.05, 0) is 82.6 Å². The number of urea groups is 4. The molecule has 29 nitrogen and oxygen atoms in total. The summed E-state index contributed by atoms with van der Waals surface area (Å²) in [6.07, 6.45) is 4.93. The number of isocyanates is 1. The molecule has 0 bridgehead atoms. The molecule has 0 aliphatic rings. The zero-order valence-electron chi connectivity index (χ0n) is 53.0. The van der Waals surface area contributed by atoms with Crippen molar-refractivity contribution in [3.63, 3.8) is 0 Å². The van der Waals surface area contributed by atoms with Crippen LogP contribution in [0.5, 0.6) is 0 Å². The Hall–Kier alpha value is -7.46. The Morgan fingerprint density at radius 1 is 0.494 bits per heavy atom. The van der Waals surface area contributed by atoms with Crippen molar-refractivity contribution >= 4 is 78.4 Å². The van der Waals surface area contributed by atoms with Gasteiger partial charge < -0.3 is 77.2 Å². The molecule has 0 atom stereocenters. The Balaban J connectivity index is -0.000000377. The molecule has 0 radical (unpaired) electrons. The van der Waals surface area contributed by atoms with Crippen LogP contribution >= 0.6 is 0 Å². The number of amides is 8. The van der Waals surface area contributed by atoms with Crippen LogP contribution in [0.1, 0.15) is 82.6 Å². The summed E-state index contributed by atoms with van der Waals surface area (Å²) in [7, 11) is -4.59. The van der Waals surface area contributed by atoms with E-state index in [0.29, 0.717) is 64.2 Å². The van der Waals surface area contributed by atoms with Gasteiger partial charge in [0.05, 0.1) is 32.7 Å². The minimum Gasteiger partial charge on any atom is -0.460 e. The second-order valence-electron chi connectivity index (χ2n) is 16.8. The van der Waals surface area contributed by atoms with Crippen LogP contribution in [-0.2, 0) is 79.0 Å². The van der Waals surface area contributed by atoms with Crippen LogP contribution in [0.2, 0.25) is 6.04 Å². The van der Waals surface area contributed by atoms with Gasteiger partial charge in [0.1, 0.15) is 33.0 Å². The van der Waals surface area contributed by atoms with Gasteiger partial charge in [-0.1, -0.05) is 45.0 Å². The summed E-state index contributed by atoms with van der Waals surface area (Å²) in [4.78, 5) is 120. The van der Waals surface area contributed by atoms with Crippen LogP contribution in [0.3, 0.4) is 0 Å². The van der Waals surface area contributed by atoms with Gasteiger partial charge in [-0.25, -0.2) is 62.7 Å². The number of esters is 5. The quantitative estimate of drug-likeness (QED) is 0.00798. The maximum atomic E-state index is 12.7. The summed E-state index contributed by atoms with van der Waals surface area (Å²) in [6.45, 7) is 46.5. The number of imide groups is 2. The summed E-state index contributed by atoms with van der Waals surface area (Å²) in [6, 6.07) is -2.36. The Morgan fingerprint density at radius 3 is 1.09 bits per heavy atom. The lowest BCUT2D eigenvalue weighted by Gasteiger charge is -2.28. The molecule has 0 saturated carbocycles. The second kappa shape index (κ2) is 58.9. The third-order valence-corrected chi connectivity index (χ3v) is 14.0. The number of nitrogens with one attached hydrogen (secondary N) is 4. The van der Waals surface area contributed by atoms with Crippen molar-refractivity contribution in [3.05, 3.63) is 86.1 Å². The predicted octanol–water partition coefficient (Wildman–Crippen LogP) is 4.90. The van der Waals surface area contributed by atoms with E-state index in [2.05, 4.69) is 77.0 Å². The number of carbonyl (C=O) groups excluding carboxylic acids is 10. The highest BCUT2D eigenvalue weighted by atomic mass is 28.4. The van der Waals surface area contributed by atoms with Crippen molar-refractivity contribution in [2.45, 2.75) is 88.6 Å². The molecular formula is C56H98N8O21Si2. The lowest BCUT2D eigenvalue weighted by atomic mass is 10.4. The number of rotatable bonds is 39. The minimum atomic E-state index is -2.86. The molecule has 0 fully saturated rings. The fraction of sp³-hybridized carbons (Fsp3) is 0.571. The molecular weight excluding hydrogens is 1180 g/mol. The van der Waals surface area contributed by atoms with E-state index in [-0.39, 0.29) is 101 Å². The van der Waals surface area contributed by atoms with Crippen LogP contribution in [-0.4, -0.2) is 213 Å². The Bertz CT molecular complexity index is 2170. The first-order valence-electron chi connectivity index (χ1n) is 27.7. The van der Waals surface area contributed by atoms with Gasteiger partial charge >= 0.3 is 72.3 Å². The largest absolute Gasteiger partial charge is 0.500 e. The van der Waals surface area contributed by atoms with Crippen LogP contribution in [0.4, 0.5) is 19.2 Å². The summed E-state index contributed by atoms with van der Waals surface area (Å²) in [5.74, 6) is -2.89. The Morgan fingerprint density at radius 2 is 0.805 bits per heavy atom. The average molecular weight is 1280 g/mol. The van der Waals surface area contributed by atoms with Gasteiger partial charge in [0.25, 0.3) is 0 Å². The van der Waals surface area contributed by atoms with E-state index in [1.165, 1.54) is 39.9 Å². The molecule has 0 aliphatic carbocycles. The topological polar surface area (TPSA) is 365 Å². The number of ether oxygens (including phenoxy) is 5. The van der Waals surface area contributed by atoms with E-state index < -0.39 is 72.3 Å². The summed E-state index contributed by atoms with van der Waals surface area (Å²) < 4.78 is 57.3. The van der Waals surface area contributed by atoms with Gasteiger partial charge in [0.15, 0.2) is 0 Å². The first-order chi connectivity index (χ1) is 41.2. The number of aliphatic imine (C=N–C) groups is 1. The maximum Gasteiger partial charge on any atom is 0.500 e. The van der Waals surface area contributed by atoms with E-state index in [9.17, 15) is 47.9 Å². The van der Waals surface area contributed by atoms with Crippen LogP contribution in [0, 0.1) is 0 Å². The van der Waals surface area contributed by atoms with E-state index in [4.69, 9.17) is 51.2 Å². The molecule has 0 unspecified atom stereocenters.